The Balaban J connectivity index is 2.65. The van der Waals surface area contributed by atoms with E-state index >= 15 is 0 Å². The molecule has 0 unspecified atom stereocenters. The fourth-order valence-electron chi connectivity index (χ4n) is 1.70. The van der Waals surface area contributed by atoms with Gasteiger partial charge in [0.15, 0.2) is 5.78 Å². The van der Waals surface area contributed by atoms with Crippen LogP contribution in [-0.4, -0.2) is 12.9 Å². The number of ketones is 1. The molecule has 0 aliphatic carbocycles. The van der Waals surface area contributed by atoms with Crippen LogP contribution in [-0.2, 0) is 0 Å². The molecule has 0 amide bonds. The number of ether oxygens (including phenoxy) is 1. The second-order valence-electron chi connectivity index (χ2n) is 3.42. The van der Waals surface area contributed by atoms with Gasteiger partial charge >= 0.3 is 0 Å². The van der Waals surface area contributed by atoms with Crippen LogP contribution in [0.5, 0.6) is 5.75 Å². The summed E-state index contributed by atoms with van der Waals surface area (Å²) >= 11 is 1.62. The van der Waals surface area contributed by atoms with Gasteiger partial charge in [-0.15, -0.1) is 11.3 Å². The zero-order chi connectivity index (χ0) is 11.5. The minimum absolute atomic E-state index is 0.0286. The Morgan fingerprint density at radius 2 is 2.06 bits per heavy atom. The molecular weight excluding hydrogens is 220 g/mol. The highest BCUT2D eigenvalue weighted by Gasteiger charge is 2.14. The highest BCUT2D eigenvalue weighted by atomic mass is 32.1. The molecule has 2 aromatic rings. The number of benzene rings is 1. The molecule has 2 nitrogen and oxygen atoms in total. The van der Waals surface area contributed by atoms with Crippen LogP contribution in [0, 0.1) is 0 Å². The zero-order valence-electron chi connectivity index (χ0n) is 9.19. The first kappa shape index (κ1) is 10.9. The van der Waals surface area contributed by atoms with E-state index in [1.165, 1.54) is 0 Å². The number of thiophene rings is 1. The quantitative estimate of drug-likeness (QED) is 0.755. The second kappa shape index (κ2) is 4.49. The third-order valence-corrected chi connectivity index (χ3v) is 3.29. The summed E-state index contributed by atoms with van der Waals surface area (Å²) in [4.78, 5) is 12.8. The first-order chi connectivity index (χ1) is 7.74. The van der Waals surface area contributed by atoms with Crippen molar-refractivity contribution >= 4 is 17.1 Å². The largest absolute Gasteiger partial charge is 0.496 e. The van der Waals surface area contributed by atoms with Gasteiger partial charge in [0.05, 0.1) is 12.7 Å². The summed E-state index contributed by atoms with van der Waals surface area (Å²) in [6, 6.07) is 9.65. The highest BCUT2D eigenvalue weighted by molar-refractivity contribution is 7.13. The van der Waals surface area contributed by atoms with Crippen molar-refractivity contribution in [2.75, 3.05) is 7.11 Å². The molecule has 0 saturated heterocycles. The van der Waals surface area contributed by atoms with Crippen molar-refractivity contribution in [2.24, 2.45) is 0 Å². The maximum atomic E-state index is 11.7. The van der Waals surface area contributed by atoms with Crippen LogP contribution in [0.25, 0.3) is 10.4 Å². The van der Waals surface area contributed by atoms with Crippen LogP contribution in [0.4, 0.5) is 0 Å². The van der Waals surface area contributed by atoms with Gasteiger partial charge in [0.2, 0.25) is 0 Å². The maximum absolute atomic E-state index is 11.7. The molecule has 0 bridgehead atoms. The van der Waals surface area contributed by atoms with Crippen molar-refractivity contribution < 1.29 is 9.53 Å². The third kappa shape index (κ3) is 1.86. The molecule has 1 heterocycles. The van der Waals surface area contributed by atoms with E-state index in [-0.39, 0.29) is 5.78 Å². The lowest BCUT2D eigenvalue weighted by molar-refractivity contribution is 0.101. The number of methoxy groups -OCH3 is 1. The number of rotatable bonds is 3. The normalized spacial score (nSPS) is 10.1. The molecule has 2 rings (SSSR count). The van der Waals surface area contributed by atoms with E-state index in [1.807, 2.05) is 35.7 Å². The molecule has 0 fully saturated rings. The molecule has 3 heteroatoms. The first-order valence-corrected chi connectivity index (χ1v) is 5.84. The van der Waals surface area contributed by atoms with Crippen molar-refractivity contribution in [1.82, 2.24) is 0 Å². The molecule has 0 atom stereocenters. The van der Waals surface area contributed by atoms with Crippen LogP contribution in [0.2, 0.25) is 0 Å². The van der Waals surface area contributed by atoms with E-state index in [1.54, 1.807) is 25.4 Å². The van der Waals surface area contributed by atoms with Gasteiger partial charge in [-0.3, -0.25) is 4.79 Å². The zero-order valence-corrected chi connectivity index (χ0v) is 10.0. The Labute approximate surface area is 98.5 Å². The van der Waals surface area contributed by atoms with E-state index in [9.17, 15) is 4.79 Å². The fourth-order valence-corrected chi connectivity index (χ4v) is 2.46. The third-order valence-electron chi connectivity index (χ3n) is 2.38. The van der Waals surface area contributed by atoms with Gasteiger partial charge in [0.1, 0.15) is 5.75 Å². The Kier molecular flexibility index (Phi) is 3.06. The molecule has 0 aliphatic heterocycles. The van der Waals surface area contributed by atoms with Gasteiger partial charge in [-0.2, -0.15) is 0 Å². The molecule has 82 valence electrons. The lowest BCUT2D eigenvalue weighted by Gasteiger charge is -2.09. The molecular formula is C13H12O2S. The van der Waals surface area contributed by atoms with Crippen molar-refractivity contribution in [3.8, 4) is 16.2 Å². The van der Waals surface area contributed by atoms with Crippen molar-refractivity contribution in [3.05, 3.63) is 41.3 Å². The molecule has 0 N–H and O–H groups in total. The standard InChI is InChI=1S/C13H12O2S/c1-9(14)13-10(12-7-4-8-16-12)5-3-6-11(13)15-2/h3-8H,1-2H3. The lowest BCUT2D eigenvalue weighted by atomic mass is 10.0. The highest BCUT2D eigenvalue weighted by Crippen LogP contribution is 2.33. The lowest BCUT2D eigenvalue weighted by Crippen LogP contribution is -1.99. The Morgan fingerprint density at radius 1 is 1.25 bits per heavy atom. The topological polar surface area (TPSA) is 26.3 Å². The predicted molar refractivity (Wildman–Crippen MR) is 66.3 cm³/mol. The van der Waals surface area contributed by atoms with Gasteiger partial charge in [-0.05, 0) is 24.4 Å². The van der Waals surface area contributed by atoms with E-state index in [2.05, 4.69) is 0 Å². The number of hydrogen-bond acceptors (Lipinski definition) is 3. The maximum Gasteiger partial charge on any atom is 0.164 e. The average Bonchev–Trinajstić information content (AvgIpc) is 2.81. The Morgan fingerprint density at radius 3 is 2.62 bits per heavy atom. The van der Waals surface area contributed by atoms with Crippen LogP contribution >= 0.6 is 11.3 Å². The number of hydrogen-bond donors (Lipinski definition) is 0. The van der Waals surface area contributed by atoms with Crippen LogP contribution < -0.4 is 4.74 Å². The van der Waals surface area contributed by atoms with Crippen molar-refractivity contribution in [1.29, 1.82) is 0 Å². The summed E-state index contributed by atoms with van der Waals surface area (Å²) in [5.41, 5.74) is 1.61. The van der Waals surface area contributed by atoms with Gasteiger partial charge in [0.25, 0.3) is 0 Å². The van der Waals surface area contributed by atoms with E-state index in [0.29, 0.717) is 11.3 Å². The molecule has 0 saturated carbocycles. The van der Waals surface area contributed by atoms with E-state index in [4.69, 9.17) is 4.74 Å². The molecule has 0 spiro atoms. The Bertz CT molecular complexity index is 501. The number of Topliss-reactive ketones (excluding diaryl/α,β-unsaturated/α-hetero) is 1. The van der Waals surface area contributed by atoms with Gasteiger partial charge in [0, 0.05) is 10.4 Å². The predicted octanol–water partition coefficient (Wildman–Crippen LogP) is 3.63. The SMILES string of the molecule is COc1cccc(-c2cccs2)c1C(C)=O. The smallest absolute Gasteiger partial charge is 0.164 e. The van der Waals surface area contributed by atoms with Crippen LogP contribution in [0.3, 0.4) is 0 Å². The second-order valence-corrected chi connectivity index (χ2v) is 4.36. The summed E-state index contributed by atoms with van der Waals surface area (Å²) in [5.74, 6) is 0.666. The summed E-state index contributed by atoms with van der Waals surface area (Å²) < 4.78 is 5.23. The molecule has 16 heavy (non-hydrogen) atoms. The fraction of sp³-hybridized carbons (Fsp3) is 0.154. The summed E-state index contributed by atoms with van der Waals surface area (Å²) in [5, 5.41) is 2.00. The van der Waals surface area contributed by atoms with E-state index < -0.39 is 0 Å². The van der Waals surface area contributed by atoms with Crippen LogP contribution in [0.15, 0.2) is 35.7 Å². The molecule has 1 aromatic carbocycles. The number of carbonyl (C=O) groups is 1. The van der Waals surface area contributed by atoms with Crippen LogP contribution in [0.1, 0.15) is 17.3 Å². The average molecular weight is 232 g/mol. The number of carbonyl (C=O) groups excluding carboxylic acids is 1. The molecule has 0 aliphatic rings. The summed E-state index contributed by atoms with van der Waals surface area (Å²) in [7, 11) is 1.58. The van der Waals surface area contributed by atoms with Crippen molar-refractivity contribution in [3.63, 3.8) is 0 Å². The molecule has 1 aromatic heterocycles. The van der Waals surface area contributed by atoms with Crippen molar-refractivity contribution in [2.45, 2.75) is 6.92 Å². The first-order valence-electron chi connectivity index (χ1n) is 4.96. The minimum atomic E-state index is 0.0286. The van der Waals surface area contributed by atoms with Gasteiger partial charge in [-0.25, -0.2) is 0 Å². The van der Waals surface area contributed by atoms with E-state index in [0.717, 1.165) is 10.4 Å². The monoisotopic (exact) mass is 232 g/mol. The summed E-state index contributed by atoms with van der Waals surface area (Å²) in [6.45, 7) is 1.56. The van der Waals surface area contributed by atoms with Gasteiger partial charge < -0.3 is 4.74 Å². The molecule has 0 radical (unpaired) electrons. The Hall–Kier alpha value is -1.61. The minimum Gasteiger partial charge on any atom is -0.496 e. The van der Waals surface area contributed by atoms with Gasteiger partial charge in [-0.1, -0.05) is 18.2 Å². The summed E-state index contributed by atoms with van der Waals surface area (Å²) in [6.07, 6.45) is 0.